The van der Waals surface area contributed by atoms with Crippen LogP contribution in [0.3, 0.4) is 0 Å². The van der Waals surface area contributed by atoms with Crippen molar-refractivity contribution in [2.24, 2.45) is 0 Å². The first-order chi connectivity index (χ1) is 9.99. The van der Waals surface area contributed by atoms with Crippen LogP contribution in [0, 0.1) is 12.7 Å². The summed E-state index contributed by atoms with van der Waals surface area (Å²) in [6, 6.07) is 12.4. The number of hydrogen-bond donors (Lipinski definition) is 1. The first-order valence-corrected chi connectivity index (χ1v) is 6.49. The Morgan fingerprint density at radius 2 is 1.90 bits per heavy atom. The highest BCUT2D eigenvalue weighted by Crippen LogP contribution is 2.29. The second-order valence-electron chi connectivity index (χ2n) is 4.73. The van der Waals surface area contributed by atoms with E-state index in [9.17, 15) is 9.18 Å². The second-order valence-corrected chi connectivity index (χ2v) is 4.73. The number of carboxylic acids is 1. The minimum Gasteiger partial charge on any atom is -0.478 e. The average molecular weight is 285 g/mol. The molecule has 1 N–H and O–H groups in total. The predicted molar refractivity (Wildman–Crippen MR) is 82.3 cm³/mol. The number of aryl methyl sites for hydroxylation is 1. The number of benzene rings is 2. The lowest BCUT2D eigenvalue weighted by atomic mass is 10.1. The van der Waals surface area contributed by atoms with E-state index < -0.39 is 11.8 Å². The Hall–Kier alpha value is -2.62. The quantitative estimate of drug-likeness (QED) is 0.863. The van der Waals surface area contributed by atoms with Crippen LogP contribution in [-0.2, 0) is 4.79 Å². The summed E-state index contributed by atoms with van der Waals surface area (Å²) >= 11 is 0. The SMILES string of the molecule is Cc1ccccc1N(C)c1ccc(C=CC(=O)O)cc1F. The molecule has 2 rings (SSSR count). The zero-order valence-electron chi connectivity index (χ0n) is 11.9. The van der Waals surface area contributed by atoms with Crippen molar-refractivity contribution in [2.75, 3.05) is 11.9 Å². The lowest BCUT2D eigenvalue weighted by Crippen LogP contribution is -2.12. The molecular formula is C17H16FNO2. The lowest BCUT2D eigenvalue weighted by Gasteiger charge is -2.22. The summed E-state index contributed by atoms with van der Waals surface area (Å²) in [6.45, 7) is 1.97. The molecule has 0 aliphatic heterocycles. The highest BCUT2D eigenvalue weighted by Gasteiger charge is 2.11. The van der Waals surface area contributed by atoms with Gasteiger partial charge in [-0.2, -0.15) is 0 Å². The van der Waals surface area contributed by atoms with Crippen molar-refractivity contribution >= 4 is 23.4 Å². The molecule has 0 aromatic heterocycles. The molecule has 3 nitrogen and oxygen atoms in total. The first kappa shape index (κ1) is 14.8. The first-order valence-electron chi connectivity index (χ1n) is 6.49. The molecule has 2 aromatic rings. The van der Waals surface area contributed by atoms with E-state index in [2.05, 4.69) is 0 Å². The molecule has 0 saturated heterocycles. The summed E-state index contributed by atoms with van der Waals surface area (Å²) in [5, 5.41) is 8.58. The van der Waals surface area contributed by atoms with Crippen molar-refractivity contribution in [1.82, 2.24) is 0 Å². The van der Waals surface area contributed by atoms with Gasteiger partial charge in [0.15, 0.2) is 0 Å². The average Bonchev–Trinajstić information content (AvgIpc) is 2.45. The zero-order valence-corrected chi connectivity index (χ0v) is 11.9. The summed E-state index contributed by atoms with van der Waals surface area (Å²) in [5.74, 6) is -1.45. The molecule has 0 amide bonds. The van der Waals surface area contributed by atoms with Crippen molar-refractivity contribution in [1.29, 1.82) is 0 Å². The van der Waals surface area contributed by atoms with Crippen molar-refractivity contribution in [3.05, 3.63) is 65.5 Å². The number of halogens is 1. The van der Waals surface area contributed by atoms with Crippen molar-refractivity contribution in [3.63, 3.8) is 0 Å². The van der Waals surface area contributed by atoms with Crippen LogP contribution in [0.25, 0.3) is 6.08 Å². The molecule has 21 heavy (non-hydrogen) atoms. The topological polar surface area (TPSA) is 40.5 Å². The Kier molecular flexibility index (Phi) is 4.38. The molecule has 0 atom stereocenters. The van der Waals surface area contributed by atoms with Gasteiger partial charge in [0, 0.05) is 18.8 Å². The molecule has 108 valence electrons. The van der Waals surface area contributed by atoms with Gasteiger partial charge in [0.05, 0.1) is 5.69 Å². The van der Waals surface area contributed by atoms with Gasteiger partial charge in [0.2, 0.25) is 0 Å². The van der Waals surface area contributed by atoms with Gasteiger partial charge in [-0.15, -0.1) is 0 Å². The fraction of sp³-hybridized carbons (Fsp3) is 0.118. The number of rotatable bonds is 4. The summed E-state index contributed by atoms with van der Waals surface area (Å²) in [6.07, 6.45) is 2.35. The van der Waals surface area contributed by atoms with Gasteiger partial charge < -0.3 is 10.0 Å². The number of carbonyl (C=O) groups is 1. The highest BCUT2D eigenvalue weighted by atomic mass is 19.1. The summed E-state index contributed by atoms with van der Waals surface area (Å²) in [4.78, 5) is 12.2. The number of para-hydroxylation sites is 1. The molecular weight excluding hydrogens is 269 g/mol. The Morgan fingerprint density at radius 1 is 1.19 bits per heavy atom. The minimum absolute atomic E-state index is 0.395. The molecule has 2 aromatic carbocycles. The van der Waals surface area contributed by atoms with E-state index in [1.807, 2.05) is 31.2 Å². The van der Waals surface area contributed by atoms with Crippen LogP contribution in [0.5, 0.6) is 0 Å². The maximum atomic E-state index is 14.2. The van der Waals surface area contributed by atoms with Crippen LogP contribution in [0.4, 0.5) is 15.8 Å². The van der Waals surface area contributed by atoms with Gasteiger partial charge in [-0.3, -0.25) is 0 Å². The number of aliphatic carboxylic acids is 1. The maximum Gasteiger partial charge on any atom is 0.328 e. The monoisotopic (exact) mass is 285 g/mol. The van der Waals surface area contributed by atoms with E-state index >= 15 is 0 Å². The van der Waals surface area contributed by atoms with E-state index in [0.29, 0.717) is 11.3 Å². The molecule has 0 radical (unpaired) electrons. The Labute approximate surface area is 123 Å². The molecule has 0 bridgehead atoms. The smallest absolute Gasteiger partial charge is 0.328 e. The Morgan fingerprint density at radius 3 is 2.52 bits per heavy atom. The van der Waals surface area contributed by atoms with Crippen LogP contribution in [-0.4, -0.2) is 18.1 Å². The maximum absolute atomic E-state index is 14.2. The number of nitrogens with zero attached hydrogens (tertiary/aromatic N) is 1. The molecule has 0 heterocycles. The number of hydrogen-bond acceptors (Lipinski definition) is 2. The molecule has 0 unspecified atom stereocenters. The molecule has 0 saturated carbocycles. The van der Waals surface area contributed by atoms with E-state index in [4.69, 9.17) is 5.11 Å². The van der Waals surface area contributed by atoms with E-state index in [1.165, 1.54) is 12.1 Å². The van der Waals surface area contributed by atoms with Crippen LogP contribution in [0.1, 0.15) is 11.1 Å². The molecule has 0 fully saturated rings. The van der Waals surface area contributed by atoms with Gasteiger partial charge in [-0.25, -0.2) is 9.18 Å². The van der Waals surface area contributed by atoms with Crippen LogP contribution in [0.2, 0.25) is 0 Å². The summed E-state index contributed by atoms with van der Waals surface area (Å²) < 4.78 is 14.2. The summed E-state index contributed by atoms with van der Waals surface area (Å²) in [7, 11) is 1.80. The lowest BCUT2D eigenvalue weighted by molar-refractivity contribution is -0.131. The van der Waals surface area contributed by atoms with E-state index in [-0.39, 0.29) is 0 Å². The van der Waals surface area contributed by atoms with Gasteiger partial charge in [-0.1, -0.05) is 24.3 Å². The van der Waals surface area contributed by atoms with Crippen molar-refractivity contribution in [2.45, 2.75) is 6.92 Å². The summed E-state index contributed by atoms with van der Waals surface area (Å²) in [5.41, 5.74) is 2.92. The largest absolute Gasteiger partial charge is 0.478 e. The molecule has 0 spiro atoms. The number of carboxylic acid groups (broad SMARTS) is 1. The third-order valence-corrected chi connectivity index (χ3v) is 3.23. The zero-order chi connectivity index (χ0) is 15.4. The fourth-order valence-electron chi connectivity index (χ4n) is 2.14. The van der Waals surface area contributed by atoms with E-state index in [1.54, 1.807) is 24.1 Å². The predicted octanol–water partition coefficient (Wildman–Crippen LogP) is 4.00. The van der Waals surface area contributed by atoms with Gasteiger partial charge in [-0.05, 0) is 42.3 Å². The normalized spacial score (nSPS) is 10.8. The third kappa shape index (κ3) is 3.48. The second kappa shape index (κ2) is 6.22. The molecule has 0 aliphatic carbocycles. The number of anilines is 2. The van der Waals surface area contributed by atoms with Crippen LogP contribution in [0.15, 0.2) is 48.5 Å². The Balaban J connectivity index is 2.33. The fourth-order valence-corrected chi connectivity index (χ4v) is 2.14. The van der Waals surface area contributed by atoms with Crippen molar-refractivity contribution < 1.29 is 14.3 Å². The highest BCUT2D eigenvalue weighted by molar-refractivity contribution is 5.85. The van der Waals surface area contributed by atoms with Crippen molar-refractivity contribution in [3.8, 4) is 0 Å². The van der Waals surface area contributed by atoms with Gasteiger partial charge >= 0.3 is 5.97 Å². The third-order valence-electron chi connectivity index (χ3n) is 3.23. The molecule has 0 aliphatic rings. The molecule has 4 heteroatoms. The minimum atomic E-state index is -1.06. The standard InChI is InChI=1S/C17H16FNO2/c1-12-5-3-4-6-15(12)19(2)16-9-7-13(11-14(16)18)8-10-17(20)21/h3-11H,1-2H3,(H,20,21). The van der Waals surface area contributed by atoms with E-state index in [0.717, 1.165) is 17.3 Å². The van der Waals surface area contributed by atoms with Gasteiger partial charge in [0.25, 0.3) is 0 Å². The van der Waals surface area contributed by atoms with Crippen LogP contribution < -0.4 is 4.90 Å². The van der Waals surface area contributed by atoms with Gasteiger partial charge in [0.1, 0.15) is 5.82 Å². The Bertz CT molecular complexity index is 695. The van der Waals surface area contributed by atoms with Crippen LogP contribution >= 0.6 is 0 Å².